The number of alkyl halides is 3. The minimum Gasteiger partial charge on any atom is -0.455 e. The summed E-state index contributed by atoms with van der Waals surface area (Å²) in [4.78, 5) is 12.9. The molecule has 23 heavy (non-hydrogen) atoms. The number of carbonyl (C=O) groups excluding carboxylic acids is 1. The Kier molecular flexibility index (Phi) is 3.63. The molecule has 0 spiro atoms. The Morgan fingerprint density at radius 2 is 1.83 bits per heavy atom. The smallest absolute Gasteiger partial charge is 0.416 e. The van der Waals surface area contributed by atoms with Crippen LogP contribution in [0.25, 0.3) is 0 Å². The molecule has 1 aliphatic heterocycles. The lowest BCUT2D eigenvalue weighted by Gasteiger charge is -2.18. The largest absolute Gasteiger partial charge is 0.455 e. The Morgan fingerprint density at radius 1 is 1.13 bits per heavy atom. The summed E-state index contributed by atoms with van der Waals surface area (Å²) in [5, 5.41) is 0. The van der Waals surface area contributed by atoms with E-state index in [0.717, 1.165) is 17.7 Å². The zero-order valence-corrected chi connectivity index (χ0v) is 11.9. The first kappa shape index (κ1) is 15.2. The molecule has 120 valence electrons. The highest BCUT2D eigenvalue weighted by Crippen LogP contribution is 2.39. The molecule has 1 heterocycles. The second-order valence-corrected chi connectivity index (χ2v) is 5.13. The van der Waals surface area contributed by atoms with E-state index >= 15 is 0 Å². The highest BCUT2D eigenvalue weighted by Gasteiger charge is 2.30. The monoisotopic (exact) mass is 322 g/mol. The first-order valence-corrected chi connectivity index (χ1v) is 6.90. The molecule has 1 aliphatic rings. The molecule has 0 aliphatic carbocycles. The van der Waals surface area contributed by atoms with Crippen molar-refractivity contribution in [2.45, 2.75) is 12.6 Å². The van der Waals surface area contributed by atoms with Crippen molar-refractivity contribution in [2.24, 2.45) is 5.73 Å². The number of hydrogen-bond acceptors (Lipinski definition) is 2. The SMILES string of the molecule is NC(=O)N1CCc2cccc(Oc3ccc(C(F)(F)F)cc3)c21. The average Bonchev–Trinajstić information content (AvgIpc) is 2.92. The van der Waals surface area contributed by atoms with Gasteiger partial charge >= 0.3 is 12.2 Å². The van der Waals surface area contributed by atoms with Crippen LogP contribution in [0.1, 0.15) is 11.1 Å². The predicted molar refractivity (Wildman–Crippen MR) is 78.6 cm³/mol. The van der Waals surface area contributed by atoms with Crippen LogP contribution in [0.2, 0.25) is 0 Å². The summed E-state index contributed by atoms with van der Waals surface area (Å²) < 4.78 is 43.4. The van der Waals surface area contributed by atoms with Gasteiger partial charge in [-0.3, -0.25) is 4.90 Å². The van der Waals surface area contributed by atoms with Crippen molar-refractivity contribution in [3.05, 3.63) is 53.6 Å². The van der Waals surface area contributed by atoms with Gasteiger partial charge < -0.3 is 10.5 Å². The second-order valence-electron chi connectivity index (χ2n) is 5.13. The lowest BCUT2D eigenvalue weighted by Crippen LogP contribution is -2.34. The van der Waals surface area contributed by atoms with Crippen molar-refractivity contribution in [3.8, 4) is 11.5 Å². The Hall–Kier alpha value is -2.70. The number of anilines is 1. The van der Waals surface area contributed by atoms with Gasteiger partial charge in [-0.05, 0) is 42.3 Å². The number of benzene rings is 2. The van der Waals surface area contributed by atoms with Crippen LogP contribution in [-0.2, 0) is 12.6 Å². The van der Waals surface area contributed by atoms with Gasteiger partial charge in [0, 0.05) is 6.54 Å². The fraction of sp³-hybridized carbons (Fsp3) is 0.188. The van der Waals surface area contributed by atoms with Gasteiger partial charge in [-0.15, -0.1) is 0 Å². The number of fused-ring (bicyclic) bond motifs is 1. The lowest BCUT2D eigenvalue weighted by atomic mass is 10.1. The number of carbonyl (C=O) groups is 1. The fourth-order valence-electron chi connectivity index (χ4n) is 2.56. The third-order valence-electron chi connectivity index (χ3n) is 3.63. The van der Waals surface area contributed by atoms with Gasteiger partial charge in [-0.25, -0.2) is 4.79 Å². The van der Waals surface area contributed by atoms with E-state index in [9.17, 15) is 18.0 Å². The van der Waals surface area contributed by atoms with Gasteiger partial charge in [0.05, 0.1) is 11.3 Å². The van der Waals surface area contributed by atoms with E-state index in [1.54, 1.807) is 12.1 Å². The number of amides is 2. The highest BCUT2D eigenvalue weighted by atomic mass is 19.4. The molecule has 0 aromatic heterocycles. The van der Waals surface area contributed by atoms with Crippen LogP contribution in [0.15, 0.2) is 42.5 Å². The van der Waals surface area contributed by atoms with Crippen molar-refractivity contribution >= 4 is 11.7 Å². The van der Waals surface area contributed by atoms with E-state index in [0.29, 0.717) is 24.4 Å². The molecule has 3 rings (SSSR count). The molecule has 2 aromatic carbocycles. The van der Waals surface area contributed by atoms with Crippen molar-refractivity contribution in [1.29, 1.82) is 0 Å². The van der Waals surface area contributed by atoms with E-state index in [1.807, 2.05) is 6.07 Å². The summed E-state index contributed by atoms with van der Waals surface area (Å²) in [5.41, 5.74) is 6.08. The molecule has 0 bridgehead atoms. The minimum absolute atomic E-state index is 0.253. The number of ether oxygens (including phenoxy) is 1. The topological polar surface area (TPSA) is 55.6 Å². The first-order chi connectivity index (χ1) is 10.9. The molecule has 0 atom stereocenters. The van der Waals surface area contributed by atoms with E-state index < -0.39 is 17.8 Å². The molecular formula is C16H13F3N2O2. The van der Waals surface area contributed by atoms with E-state index in [-0.39, 0.29) is 5.75 Å². The molecule has 2 aromatic rings. The van der Waals surface area contributed by atoms with Crippen molar-refractivity contribution in [1.82, 2.24) is 0 Å². The molecule has 4 nitrogen and oxygen atoms in total. The lowest BCUT2D eigenvalue weighted by molar-refractivity contribution is -0.137. The van der Waals surface area contributed by atoms with Crippen molar-refractivity contribution in [2.75, 3.05) is 11.4 Å². The Balaban J connectivity index is 1.90. The molecule has 7 heteroatoms. The van der Waals surface area contributed by atoms with Crippen LogP contribution >= 0.6 is 0 Å². The summed E-state index contributed by atoms with van der Waals surface area (Å²) in [7, 11) is 0. The van der Waals surface area contributed by atoms with Gasteiger partial charge in [0.2, 0.25) is 0 Å². The maximum atomic E-state index is 12.6. The number of primary amides is 1. The summed E-state index contributed by atoms with van der Waals surface area (Å²) in [6, 6.07) is 9.07. The second kappa shape index (κ2) is 5.49. The molecule has 0 fully saturated rings. The first-order valence-electron chi connectivity index (χ1n) is 6.90. The molecule has 0 unspecified atom stereocenters. The maximum Gasteiger partial charge on any atom is 0.416 e. The van der Waals surface area contributed by atoms with Gasteiger partial charge in [0.1, 0.15) is 5.75 Å². The highest BCUT2D eigenvalue weighted by molar-refractivity contribution is 5.95. The van der Waals surface area contributed by atoms with Crippen LogP contribution < -0.4 is 15.4 Å². The quantitative estimate of drug-likeness (QED) is 0.910. The summed E-state index contributed by atoms with van der Waals surface area (Å²) in [5.74, 6) is 0.640. The van der Waals surface area contributed by atoms with Gasteiger partial charge in [0.25, 0.3) is 0 Å². The number of hydrogen-bond donors (Lipinski definition) is 1. The summed E-state index contributed by atoms with van der Waals surface area (Å²) >= 11 is 0. The fourth-order valence-corrected chi connectivity index (χ4v) is 2.56. The summed E-state index contributed by atoms with van der Waals surface area (Å²) in [6.45, 7) is 0.456. The number of urea groups is 1. The van der Waals surface area contributed by atoms with Crippen molar-refractivity contribution in [3.63, 3.8) is 0 Å². The Bertz CT molecular complexity index is 742. The van der Waals surface area contributed by atoms with Crippen LogP contribution in [0, 0.1) is 0 Å². The maximum absolute atomic E-state index is 12.6. The summed E-state index contributed by atoms with van der Waals surface area (Å²) in [6.07, 6.45) is -3.74. The van der Waals surface area contributed by atoms with E-state index in [4.69, 9.17) is 10.5 Å². The van der Waals surface area contributed by atoms with Gasteiger partial charge in [0.15, 0.2) is 5.75 Å². The molecule has 2 N–H and O–H groups in total. The van der Waals surface area contributed by atoms with E-state index in [1.165, 1.54) is 17.0 Å². The van der Waals surface area contributed by atoms with Crippen LogP contribution in [-0.4, -0.2) is 12.6 Å². The number of halogens is 3. The molecule has 0 saturated carbocycles. The number of rotatable bonds is 2. The van der Waals surface area contributed by atoms with Crippen LogP contribution in [0.5, 0.6) is 11.5 Å². The minimum atomic E-state index is -4.39. The number of nitrogens with two attached hydrogens (primary N) is 1. The Labute approximate surface area is 130 Å². The zero-order valence-electron chi connectivity index (χ0n) is 11.9. The van der Waals surface area contributed by atoms with Crippen LogP contribution in [0.3, 0.4) is 0 Å². The molecule has 2 amide bonds. The van der Waals surface area contributed by atoms with E-state index in [2.05, 4.69) is 0 Å². The average molecular weight is 322 g/mol. The Morgan fingerprint density at radius 3 is 2.43 bits per heavy atom. The van der Waals surface area contributed by atoms with Gasteiger partial charge in [-0.1, -0.05) is 12.1 Å². The van der Waals surface area contributed by atoms with Crippen molar-refractivity contribution < 1.29 is 22.7 Å². The van der Waals surface area contributed by atoms with Gasteiger partial charge in [-0.2, -0.15) is 13.2 Å². The molecular weight excluding hydrogens is 309 g/mol. The molecule has 0 saturated heterocycles. The number of nitrogens with zero attached hydrogens (tertiary/aromatic N) is 1. The predicted octanol–water partition coefficient (Wildman–Crippen LogP) is 3.94. The normalized spacial score (nSPS) is 13.8. The third-order valence-corrected chi connectivity index (χ3v) is 3.63. The zero-order chi connectivity index (χ0) is 16.6. The van der Waals surface area contributed by atoms with Crippen LogP contribution in [0.4, 0.5) is 23.7 Å². The third kappa shape index (κ3) is 2.94. The number of para-hydroxylation sites is 1. The molecule has 0 radical (unpaired) electrons. The standard InChI is InChI=1S/C16H13F3N2O2/c17-16(18,19)11-4-6-12(7-5-11)23-13-3-1-2-10-8-9-21(14(10)13)15(20)22/h1-7H,8-9H2,(H2,20,22).